The summed E-state index contributed by atoms with van der Waals surface area (Å²) < 4.78 is 18.6. The van der Waals surface area contributed by atoms with Gasteiger partial charge in [0.2, 0.25) is 5.89 Å². The van der Waals surface area contributed by atoms with Gasteiger partial charge >= 0.3 is 6.01 Å². The minimum atomic E-state index is -0.174. The van der Waals surface area contributed by atoms with Gasteiger partial charge in [0.05, 0.1) is 30.0 Å². The highest BCUT2D eigenvalue weighted by Crippen LogP contribution is 2.25. The van der Waals surface area contributed by atoms with Gasteiger partial charge in [-0.2, -0.15) is 0 Å². The average molecular weight is 420 g/mol. The number of pyridine rings is 1. The Hall–Kier alpha value is -3.79. The molecule has 3 aromatic rings. The molecular weight excluding hydrogens is 399 g/mol. The predicted octanol–water partition coefficient (Wildman–Crippen LogP) is 2.80. The number of aromatic amines is 1. The van der Waals surface area contributed by atoms with Crippen LogP contribution < -0.4 is 10.3 Å². The lowest BCUT2D eigenvalue weighted by atomic mass is 10.1. The maximum absolute atomic E-state index is 12.8. The summed E-state index contributed by atoms with van der Waals surface area (Å²) in [6, 6.07) is 4.34. The van der Waals surface area contributed by atoms with Crippen LogP contribution in [0.15, 0.2) is 65.0 Å². The molecule has 0 fully saturated rings. The van der Waals surface area contributed by atoms with Crippen molar-refractivity contribution < 1.29 is 8.81 Å². The van der Waals surface area contributed by atoms with Crippen molar-refractivity contribution in [3.8, 4) is 11.5 Å². The third-order valence-electron chi connectivity index (χ3n) is 5.14. The van der Waals surface area contributed by atoms with Gasteiger partial charge < -0.3 is 14.3 Å². The van der Waals surface area contributed by atoms with Gasteiger partial charge in [-0.1, -0.05) is 5.10 Å². The molecule has 6 heterocycles. The van der Waals surface area contributed by atoms with E-state index in [0.717, 1.165) is 35.6 Å². The monoisotopic (exact) mass is 420 g/mol. The van der Waals surface area contributed by atoms with Gasteiger partial charge in [0.25, 0.3) is 0 Å². The first-order valence-electron chi connectivity index (χ1n) is 9.97. The molecule has 158 valence electrons. The number of allylic oxidation sites excluding steroid dienone is 3. The lowest BCUT2D eigenvalue weighted by Gasteiger charge is -2.23. The summed E-state index contributed by atoms with van der Waals surface area (Å²) in [4.78, 5) is 13.7. The Balaban J connectivity index is 0.000000171. The van der Waals surface area contributed by atoms with Crippen molar-refractivity contribution in [2.24, 2.45) is 0 Å². The summed E-state index contributed by atoms with van der Waals surface area (Å²) >= 11 is 0. The van der Waals surface area contributed by atoms with Gasteiger partial charge in [0.1, 0.15) is 5.83 Å². The Morgan fingerprint density at radius 1 is 1.23 bits per heavy atom. The first-order chi connectivity index (χ1) is 15.2. The number of aromatic nitrogens is 5. The molecule has 0 saturated carbocycles. The second kappa shape index (κ2) is 8.15. The highest BCUT2D eigenvalue weighted by atomic mass is 19.1. The van der Waals surface area contributed by atoms with Crippen molar-refractivity contribution in [2.45, 2.75) is 19.9 Å². The molecule has 3 aliphatic heterocycles. The van der Waals surface area contributed by atoms with E-state index in [2.05, 4.69) is 35.5 Å². The van der Waals surface area contributed by atoms with Crippen LogP contribution in [0.4, 0.5) is 10.4 Å². The standard InChI is InChI=1S/C14H14N6O.C7H7FN2/c1-9-6-10(2-4-15-9)13-18-19-14(21-13)20-5-3-11-12(7-20)17-8-16-11;8-6-2-1-5-10-7(6)3-4-9-10/h2,4,6,8H,3,5,7H2,1H3,(H,16,17);1-3,5,9H,4H2. The second-order valence-electron chi connectivity index (χ2n) is 7.25. The van der Waals surface area contributed by atoms with Crippen molar-refractivity contribution in [3.63, 3.8) is 0 Å². The Morgan fingerprint density at radius 3 is 3.03 bits per heavy atom. The summed E-state index contributed by atoms with van der Waals surface area (Å²) in [5.74, 6) is 0.346. The van der Waals surface area contributed by atoms with E-state index >= 15 is 0 Å². The maximum atomic E-state index is 12.8. The van der Waals surface area contributed by atoms with Crippen LogP contribution in [0.5, 0.6) is 0 Å². The lowest BCUT2D eigenvalue weighted by molar-refractivity contribution is 0.372. The Labute approximate surface area is 178 Å². The molecule has 9 nitrogen and oxygen atoms in total. The molecule has 3 aliphatic rings. The number of nitrogens with zero attached hydrogens (tertiary/aromatic N) is 6. The third-order valence-corrected chi connectivity index (χ3v) is 5.14. The molecule has 6 rings (SSSR count). The number of H-pyrrole nitrogens is 1. The van der Waals surface area contributed by atoms with Crippen LogP contribution in [0.3, 0.4) is 0 Å². The molecule has 0 aliphatic carbocycles. The number of anilines is 1. The number of imidazole rings is 1. The van der Waals surface area contributed by atoms with Crippen molar-refractivity contribution in [2.75, 3.05) is 18.0 Å². The van der Waals surface area contributed by atoms with Crippen LogP contribution in [0.2, 0.25) is 0 Å². The molecule has 0 amide bonds. The van der Waals surface area contributed by atoms with Gasteiger partial charge in [0, 0.05) is 43.2 Å². The van der Waals surface area contributed by atoms with Crippen molar-refractivity contribution >= 4 is 6.01 Å². The highest BCUT2D eigenvalue weighted by Gasteiger charge is 2.23. The quantitative estimate of drug-likeness (QED) is 0.653. The lowest BCUT2D eigenvalue weighted by Crippen LogP contribution is -2.30. The zero-order valence-corrected chi connectivity index (χ0v) is 16.9. The van der Waals surface area contributed by atoms with E-state index in [1.165, 1.54) is 6.08 Å². The van der Waals surface area contributed by atoms with Crippen LogP contribution in [0.1, 0.15) is 17.1 Å². The summed E-state index contributed by atoms with van der Waals surface area (Å²) in [6.07, 6.45) is 11.1. The Kier molecular flexibility index (Phi) is 5.04. The zero-order valence-electron chi connectivity index (χ0n) is 16.9. The number of halogens is 1. The average Bonchev–Trinajstić information content (AvgIpc) is 3.54. The zero-order chi connectivity index (χ0) is 21.2. The molecule has 0 bridgehead atoms. The normalized spacial score (nSPS) is 16.8. The fraction of sp³-hybridized carbons (Fsp3) is 0.238. The Morgan fingerprint density at radius 2 is 2.16 bits per heavy atom. The van der Waals surface area contributed by atoms with E-state index in [9.17, 15) is 4.39 Å². The van der Waals surface area contributed by atoms with Crippen LogP contribution in [-0.4, -0.2) is 43.2 Å². The van der Waals surface area contributed by atoms with Crippen molar-refractivity contribution in [3.05, 3.63) is 77.7 Å². The van der Waals surface area contributed by atoms with Gasteiger partial charge in [-0.15, -0.1) is 5.10 Å². The molecule has 31 heavy (non-hydrogen) atoms. The molecule has 3 aromatic heterocycles. The van der Waals surface area contributed by atoms with E-state index in [1.54, 1.807) is 29.8 Å². The summed E-state index contributed by atoms with van der Waals surface area (Å²) in [7, 11) is 0. The van der Waals surface area contributed by atoms with Gasteiger partial charge in [-0.3, -0.25) is 9.99 Å². The number of rotatable bonds is 2. The van der Waals surface area contributed by atoms with E-state index in [0.29, 0.717) is 30.7 Å². The number of hydrogen-bond donors (Lipinski definition) is 2. The van der Waals surface area contributed by atoms with E-state index in [1.807, 2.05) is 25.1 Å². The molecule has 0 spiro atoms. The van der Waals surface area contributed by atoms with Gasteiger partial charge in [0.15, 0.2) is 0 Å². The van der Waals surface area contributed by atoms with Crippen molar-refractivity contribution in [1.29, 1.82) is 0 Å². The SMILES string of the molecule is Cc1cc(-c2nnc(N3CCc4nc[nH]c4C3)o2)ccn1.FC1=CC=CN2NCC=C12. The smallest absolute Gasteiger partial charge is 0.318 e. The number of aryl methyl sites for hydroxylation is 1. The number of hydrazine groups is 1. The van der Waals surface area contributed by atoms with Crippen molar-refractivity contribution in [1.82, 2.24) is 35.6 Å². The van der Waals surface area contributed by atoms with E-state index in [-0.39, 0.29) is 5.83 Å². The molecule has 0 saturated heterocycles. The number of nitrogens with one attached hydrogen (secondary N) is 2. The van der Waals surface area contributed by atoms with Crippen LogP contribution in [-0.2, 0) is 13.0 Å². The molecule has 0 radical (unpaired) electrons. The minimum Gasteiger partial charge on any atom is -0.403 e. The number of fused-ring (bicyclic) bond motifs is 2. The second-order valence-corrected chi connectivity index (χ2v) is 7.25. The minimum absolute atomic E-state index is 0.174. The summed E-state index contributed by atoms with van der Waals surface area (Å²) in [5, 5.41) is 9.97. The molecule has 0 aromatic carbocycles. The molecule has 0 atom stereocenters. The molecule has 2 N–H and O–H groups in total. The number of hydrogen-bond acceptors (Lipinski definition) is 8. The Bertz CT molecular complexity index is 1180. The first-order valence-corrected chi connectivity index (χ1v) is 9.97. The van der Waals surface area contributed by atoms with E-state index < -0.39 is 0 Å². The largest absolute Gasteiger partial charge is 0.403 e. The molecule has 10 heteroatoms. The summed E-state index contributed by atoms with van der Waals surface area (Å²) in [6.45, 7) is 4.19. The topological polar surface area (TPSA) is 99.0 Å². The summed E-state index contributed by atoms with van der Waals surface area (Å²) in [5.41, 5.74) is 7.64. The molecule has 0 unspecified atom stereocenters. The first kappa shape index (κ1) is 19.2. The fourth-order valence-corrected chi connectivity index (χ4v) is 3.58. The van der Waals surface area contributed by atoms with Crippen LogP contribution in [0.25, 0.3) is 11.5 Å². The highest BCUT2D eigenvalue weighted by molar-refractivity contribution is 5.53. The fourth-order valence-electron chi connectivity index (χ4n) is 3.58. The van der Waals surface area contributed by atoms with E-state index in [4.69, 9.17) is 4.42 Å². The maximum Gasteiger partial charge on any atom is 0.318 e. The van der Waals surface area contributed by atoms with Gasteiger partial charge in [-0.05, 0) is 37.3 Å². The molecular formula is C21H21FN8O. The van der Waals surface area contributed by atoms with Gasteiger partial charge in [-0.25, -0.2) is 14.8 Å². The van der Waals surface area contributed by atoms with Crippen LogP contribution >= 0.6 is 0 Å². The third kappa shape index (κ3) is 3.97. The van der Waals surface area contributed by atoms with Crippen LogP contribution in [0, 0.1) is 6.92 Å². The predicted molar refractivity (Wildman–Crippen MR) is 112 cm³/mol.